The van der Waals surface area contributed by atoms with Crippen LogP contribution in [0.15, 0.2) is 78.3 Å². The Labute approximate surface area is 267 Å². The van der Waals surface area contributed by atoms with E-state index in [1.54, 1.807) is 23.6 Å². The van der Waals surface area contributed by atoms with Crippen LogP contribution in [0.25, 0.3) is 17.2 Å². The molecule has 0 saturated carbocycles. The van der Waals surface area contributed by atoms with E-state index in [2.05, 4.69) is 23.6 Å². The lowest BCUT2D eigenvalue weighted by atomic mass is 9.85. The monoisotopic (exact) mass is 627 g/mol. The maximum atomic E-state index is 14.1. The number of hydrogen-bond donors (Lipinski definition) is 1. The highest BCUT2D eigenvalue weighted by molar-refractivity contribution is 7.12. The lowest BCUT2D eigenvalue weighted by molar-refractivity contribution is -0.152. The van der Waals surface area contributed by atoms with Crippen molar-refractivity contribution in [3.05, 3.63) is 94.7 Å². The van der Waals surface area contributed by atoms with Crippen molar-refractivity contribution in [2.45, 2.75) is 45.4 Å². The molecule has 2 heterocycles. The minimum absolute atomic E-state index is 0.0890. The van der Waals surface area contributed by atoms with Crippen LogP contribution in [0.5, 0.6) is 5.75 Å². The van der Waals surface area contributed by atoms with Gasteiger partial charge in [-0.3, -0.25) is 9.59 Å². The SMILES string of the molecule is C=CCOc1ccc2c(c1)/C(=N\O[C@@H]1CC(C(=O)OC)N(C(=O)[C@@H](NC(=O)c3sccc3C=C)C(C)(C)C)C1)c1ccccc1-2. The quantitative estimate of drug-likeness (QED) is 0.138. The summed E-state index contributed by atoms with van der Waals surface area (Å²) in [6, 6.07) is 13.7. The maximum absolute atomic E-state index is 14.1. The summed E-state index contributed by atoms with van der Waals surface area (Å²) in [5.74, 6) is -0.664. The second kappa shape index (κ2) is 13.1. The molecule has 9 nitrogen and oxygen atoms in total. The summed E-state index contributed by atoms with van der Waals surface area (Å²) < 4.78 is 10.8. The molecular weight excluding hydrogens is 590 g/mol. The van der Waals surface area contributed by atoms with Crippen LogP contribution in [-0.4, -0.2) is 66.8 Å². The van der Waals surface area contributed by atoms with Crippen molar-refractivity contribution in [1.82, 2.24) is 10.2 Å². The Bertz CT molecular complexity index is 1670. The van der Waals surface area contributed by atoms with E-state index in [-0.39, 0.29) is 18.9 Å². The number of hydrogen-bond acceptors (Lipinski definition) is 8. The molecule has 1 aliphatic heterocycles. The molecule has 2 amide bonds. The number of fused-ring (bicyclic) bond motifs is 3. The van der Waals surface area contributed by atoms with E-state index in [9.17, 15) is 14.4 Å². The number of methoxy groups -OCH3 is 1. The summed E-state index contributed by atoms with van der Waals surface area (Å²) >= 11 is 1.27. The predicted octanol–water partition coefficient (Wildman–Crippen LogP) is 5.69. The number of thiophene rings is 1. The molecule has 1 aromatic heterocycles. The highest BCUT2D eigenvalue weighted by Gasteiger charge is 2.46. The minimum Gasteiger partial charge on any atom is -0.490 e. The number of nitrogens with one attached hydrogen (secondary N) is 1. The molecule has 1 unspecified atom stereocenters. The lowest BCUT2D eigenvalue weighted by Gasteiger charge is -2.35. The summed E-state index contributed by atoms with van der Waals surface area (Å²) in [6.45, 7) is 13.5. The summed E-state index contributed by atoms with van der Waals surface area (Å²) in [6.07, 6.45) is 2.87. The van der Waals surface area contributed by atoms with Crippen LogP contribution in [0.2, 0.25) is 0 Å². The Morgan fingerprint density at radius 3 is 2.51 bits per heavy atom. The first kappa shape index (κ1) is 31.7. The standard InChI is InChI=1S/C35H37N3O6S/c1-7-16-43-22-13-14-25-24-11-9-10-12-26(24)29(27(25)18-22)37-44-23-19-28(34(41)42-6)38(20-23)33(40)31(35(3,4)5)36-32(39)30-21(8-2)15-17-45-30/h7-15,17-18,23,28,31H,1-2,16,19-20H2,3-6H3,(H,36,39)/b37-29-/t23-,28?,31-/m1/s1. The Kier molecular flexibility index (Phi) is 9.24. The first-order valence-corrected chi connectivity index (χ1v) is 15.6. The fourth-order valence-electron chi connectivity index (χ4n) is 5.65. The molecule has 0 spiro atoms. The second-order valence-corrected chi connectivity index (χ2v) is 12.9. The molecule has 2 aliphatic rings. The number of nitrogens with zero attached hydrogens (tertiary/aromatic N) is 2. The van der Waals surface area contributed by atoms with Gasteiger partial charge in [0.05, 0.1) is 18.5 Å². The molecule has 234 valence electrons. The Hall–Kier alpha value is -4.70. The smallest absolute Gasteiger partial charge is 0.328 e. The number of likely N-dealkylation sites (tertiary alicyclic amines) is 1. The third kappa shape index (κ3) is 6.42. The summed E-state index contributed by atoms with van der Waals surface area (Å²) in [7, 11) is 1.29. The molecule has 3 atom stereocenters. The van der Waals surface area contributed by atoms with Crippen molar-refractivity contribution in [2.75, 3.05) is 20.3 Å². The number of benzene rings is 2. The van der Waals surface area contributed by atoms with E-state index in [1.807, 2.05) is 63.2 Å². The van der Waals surface area contributed by atoms with Gasteiger partial charge in [-0.25, -0.2) is 4.79 Å². The van der Waals surface area contributed by atoms with Crippen molar-refractivity contribution in [3.63, 3.8) is 0 Å². The van der Waals surface area contributed by atoms with Crippen LogP contribution >= 0.6 is 11.3 Å². The van der Waals surface area contributed by atoms with Gasteiger partial charge in [-0.1, -0.05) is 75.5 Å². The van der Waals surface area contributed by atoms with Crippen LogP contribution in [0.1, 0.15) is 53.6 Å². The summed E-state index contributed by atoms with van der Waals surface area (Å²) in [5, 5.41) is 9.31. The maximum Gasteiger partial charge on any atom is 0.328 e. The predicted molar refractivity (Wildman–Crippen MR) is 175 cm³/mol. The van der Waals surface area contributed by atoms with Crippen molar-refractivity contribution < 1.29 is 28.7 Å². The fraction of sp³-hybridized carbons (Fsp3) is 0.314. The largest absolute Gasteiger partial charge is 0.490 e. The van der Waals surface area contributed by atoms with E-state index in [1.165, 1.54) is 23.3 Å². The Morgan fingerprint density at radius 2 is 1.82 bits per heavy atom. The van der Waals surface area contributed by atoms with Crippen molar-refractivity contribution in [3.8, 4) is 16.9 Å². The van der Waals surface area contributed by atoms with Gasteiger partial charge in [-0.2, -0.15) is 0 Å². The van der Waals surface area contributed by atoms with Gasteiger partial charge in [-0.05, 0) is 51.8 Å². The van der Waals surface area contributed by atoms with Crippen LogP contribution < -0.4 is 10.1 Å². The number of carbonyl (C=O) groups excluding carboxylic acids is 3. The Morgan fingerprint density at radius 1 is 1.09 bits per heavy atom. The number of rotatable bonds is 10. The van der Waals surface area contributed by atoms with Gasteiger partial charge in [0.15, 0.2) is 0 Å². The van der Waals surface area contributed by atoms with E-state index in [0.29, 0.717) is 28.5 Å². The average molecular weight is 628 g/mol. The van der Waals surface area contributed by atoms with Gasteiger partial charge in [0, 0.05) is 17.5 Å². The zero-order valence-electron chi connectivity index (χ0n) is 25.9. The molecule has 0 bridgehead atoms. The highest BCUT2D eigenvalue weighted by atomic mass is 32.1. The zero-order chi connectivity index (χ0) is 32.3. The topological polar surface area (TPSA) is 107 Å². The molecular formula is C35H37N3O6S. The molecule has 45 heavy (non-hydrogen) atoms. The van der Waals surface area contributed by atoms with Crippen LogP contribution in [0, 0.1) is 5.41 Å². The van der Waals surface area contributed by atoms with Gasteiger partial charge in [-0.15, -0.1) is 11.3 Å². The molecule has 1 fully saturated rings. The van der Waals surface area contributed by atoms with E-state index in [4.69, 9.17) is 14.3 Å². The third-order valence-electron chi connectivity index (χ3n) is 7.91. The number of oxime groups is 1. The normalized spacial score (nSPS) is 18.5. The van der Waals surface area contributed by atoms with Crippen LogP contribution in [0.3, 0.4) is 0 Å². The molecule has 3 aromatic rings. The first-order valence-electron chi connectivity index (χ1n) is 14.7. The number of esters is 1. The van der Waals surface area contributed by atoms with E-state index < -0.39 is 35.5 Å². The number of ether oxygens (including phenoxy) is 2. The minimum atomic E-state index is -0.926. The van der Waals surface area contributed by atoms with Crippen molar-refractivity contribution in [2.24, 2.45) is 10.6 Å². The molecule has 1 saturated heterocycles. The number of amides is 2. The number of carbonyl (C=O) groups is 3. The Balaban J connectivity index is 1.41. The third-order valence-corrected chi connectivity index (χ3v) is 8.84. The molecule has 5 rings (SSSR count). The van der Waals surface area contributed by atoms with Gasteiger partial charge in [0.1, 0.15) is 36.3 Å². The molecule has 2 aromatic carbocycles. The first-order chi connectivity index (χ1) is 21.6. The van der Waals surface area contributed by atoms with Gasteiger partial charge < -0.3 is 24.5 Å². The van der Waals surface area contributed by atoms with Gasteiger partial charge in [0.2, 0.25) is 5.91 Å². The summed E-state index contributed by atoms with van der Waals surface area (Å²) in [5.41, 5.74) is 4.45. The van der Waals surface area contributed by atoms with Crippen molar-refractivity contribution >= 4 is 40.9 Å². The molecule has 0 radical (unpaired) electrons. The van der Waals surface area contributed by atoms with E-state index in [0.717, 1.165) is 22.3 Å². The average Bonchev–Trinajstić information content (AvgIpc) is 3.76. The molecule has 10 heteroatoms. The molecule has 1 N–H and O–H groups in total. The van der Waals surface area contributed by atoms with Gasteiger partial charge >= 0.3 is 5.97 Å². The van der Waals surface area contributed by atoms with Gasteiger partial charge in [0.25, 0.3) is 5.91 Å². The fourth-order valence-corrected chi connectivity index (χ4v) is 6.45. The highest BCUT2D eigenvalue weighted by Crippen LogP contribution is 2.39. The zero-order valence-corrected chi connectivity index (χ0v) is 26.7. The summed E-state index contributed by atoms with van der Waals surface area (Å²) in [4.78, 5) is 48.3. The van der Waals surface area contributed by atoms with Crippen molar-refractivity contribution in [1.29, 1.82) is 0 Å². The lowest BCUT2D eigenvalue weighted by Crippen LogP contribution is -2.56. The van der Waals surface area contributed by atoms with Crippen LogP contribution in [0.4, 0.5) is 0 Å². The van der Waals surface area contributed by atoms with Crippen LogP contribution in [-0.2, 0) is 19.2 Å². The molecule has 1 aliphatic carbocycles. The second-order valence-electron chi connectivity index (χ2n) is 12.0. The van der Waals surface area contributed by atoms with E-state index >= 15 is 0 Å².